The average molecular weight is 2240 g/mol. The first-order chi connectivity index (χ1) is 61.5. The van der Waals surface area contributed by atoms with Gasteiger partial charge in [0.05, 0.1) is 115 Å². The first-order valence-electron chi connectivity index (χ1n) is 40.1. The number of halogens is 4. The molecule has 6 heterocycles. The third-order valence-corrected chi connectivity index (χ3v) is 23.3. The molecule has 0 spiro atoms. The van der Waals surface area contributed by atoms with Crippen molar-refractivity contribution in [1.82, 2.24) is 29.9 Å². The Balaban J connectivity index is 0.000000756. The predicted octanol–water partition coefficient (Wildman–Crippen LogP) is 14.2. The van der Waals surface area contributed by atoms with Gasteiger partial charge in [-0.2, -0.15) is 8.42 Å². The van der Waals surface area contributed by atoms with Crippen molar-refractivity contribution in [2.45, 2.75) is 165 Å². The minimum absolute atomic E-state index is 0. The fraction of sp³-hybridized carbons (Fsp3) is 0.351. The van der Waals surface area contributed by atoms with E-state index in [-0.39, 0.29) is 82.1 Å². The van der Waals surface area contributed by atoms with E-state index in [1.54, 1.807) is 91.8 Å². The van der Waals surface area contributed by atoms with Gasteiger partial charge in [-0.1, -0.05) is 106 Å². The summed E-state index contributed by atoms with van der Waals surface area (Å²) in [5.41, 5.74) is 11.5. The molecule has 0 aliphatic carbocycles. The van der Waals surface area contributed by atoms with Crippen LogP contribution in [0.5, 0.6) is 0 Å². The monoisotopic (exact) mass is 2240 g/mol. The van der Waals surface area contributed by atoms with Crippen molar-refractivity contribution in [1.29, 1.82) is 0 Å². The number of aliphatic hydroxyl groups is 1. The van der Waals surface area contributed by atoms with Crippen LogP contribution in [0.4, 0.5) is 0 Å². The van der Waals surface area contributed by atoms with E-state index in [0.29, 0.717) is 84.7 Å². The zero-order valence-electron chi connectivity index (χ0n) is 80.1. The fourth-order valence-corrected chi connectivity index (χ4v) is 12.8. The van der Waals surface area contributed by atoms with E-state index in [1.807, 2.05) is 245 Å². The van der Waals surface area contributed by atoms with Crippen molar-refractivity contribution in [3.63, 3.8) is 0 Å². The Morgan fingerprint density at radius 2 is 0.567 bits per heavy atom. The third kappa shape index (κ3) is 39.0. The maximum atomic E-state index is 11.9. The molecule has 10 aromatic rings. The van der Waals surface area contributed by atoms with Crippen LogP contribution in [0.3, 0.4) is 0 Å². The van der Waals surface area contributed by atoms with Crippen LogP contribution in [0.2, 0.25) is 5.28 Å². The van der Waals surface area contributed by atoms with Crippen LogP contribution < -0.4 is 40.5 Å². The van der Waals surface area contributed by atoms with E-state index in [0.717, 1.165) is 56.8 Å². The van der Waals surface area contributed by atoms with Crippen LogP contribution in [0.1, 0.15) is 195 Å². The summed E-state index contributed by atoms with van der Waals surface area (Å²) in [7, 11) is 3.46. The molecule has 0 radical (unpaired) electrons. The minimum Gasteiger partial charge on any atom is -0.870 e. The second kappa shape index (κ2) is 57.4. The van der Waals surface area contributed by atoms with Crippen molar-refractivity contribution in [3.05, 3.63) is 277 Å². The molecular formula is C94H115B2ClI3N6NaO26S. The Labute approximate surface area is 852 Å². The molecule has 13 rings (SSSR count). The Hall–Kier alpha value is -8.77. The van der Waals surface area contributed by atoms with Crippen molar-refractivity contribution < 1.29 is 153 Å². The number of hydrogen-bond donors (Lipinski definition) is 4. The van der Waals surface area contributed by atoms with Crippen molar-refractivity contribution >= 4 is 157 Å². The summed E-state index contributed by atoms with van der Waals surface area (Å²) in [5, 5.41) is 16.0. The van der Waals surface area contributed by atoms with E-state index in [2.05, 4.69) is 84.6 Å². The van der Waals surface area contributed by atoms with E-state index in [4.69, 9.17) is 86.4 Å². The molecule has 32 nitrogen and oxygen atoms in total. The molecule has 3 aliphatic rings. The number of carbonyl (C=O) groups excluding carboxylic acids is 6. The molecule has 40 heteroatoms. The van der Waals surface area contributed by atoms with Gasteiger partial charge in [0.15, 0.2) is 11.6 Å². The fourth-order valence-electron chi connectivity index (χ4n) is 11.0. The molecule has 718 valence electrons. The SMILES string of the molecule is CC1(C)OCOC1(C)C.CO.COC(=O)c1cc(C)ccc1-c1ncccn1.COC(=O)c1cc(C)ccc1-c1ncccn1.COC(=O)c1cc(C)ccc1B1OC(C)(C)C(C)(C)O1.COC(=O)c1cc(C)ccc1B1OC(C)(C)C(C)(C)O1.COC(=O)c1cc(C)ccc1I.COC(=O)c1cc(C)ccc1I.Cc1ccc(I)c(C(=O)O)c1.Clc1ncccn1.O=S(=O)(O)O.[Na+].[OH-]. The van der Waals surface area contributed by atoms with Gasteiger partial charge in [0.2, 0.25) is 5.28 Å². The first kappa shape index (κ1) is 123. The van der Waals surface area contributed by atoms with Gasteiger partial charge in [-0.15, -0.1) is 0 Å². The number of carboxylic acids is 1. The number of esters is 6. The molecule has 0 atom stereocenters. The predicted molar refractivity (Wildman–Crippen MR) is 531 cm³/mol. The number of ether oxygens (including phenoxy) is 8. The van der Waals surface area contributed by atoms with Gasteiger partial charge in [-0.25, -0.2) is 63.5 Å². The molecule has 5 N–H and O–H groups in total. The Morgan fingerprint density at radius 3 is 0.791 bits per heavy atom. The summed E-state index contributed by atoms with van der Waals surface area (Å²) in [4.78, 5) is 104. The number of methoxy groups -OCH3 is 6. The van der Waals surface area contributed by atoms with Crippen molar-refractivity contribution in [2.75, 3.05) is 56.6 Å². The second-order valence-corrected chi connectivity index (χ2v) is 36.4. The van der Waals surface area contributed by atoms with Crippen LogP contribution in [-0.4, -0.2) is 209 Å². The maximum absolute atomic E-state index is 11.9. The van der Waals surface area contributed by atoms with Gasteiger partial charge in [-0.3, -0.25) is 9.11 Å². The number of carboxylic acid groups (broad SMARTS) is 1. The largest absolute Gasteiger partial charge is 1.00 e. The molecule has 0 saturated carbocycles. The Kier molecular flexibility index (Phi) is 52.8. The number of rotatable bonds is 11. The van der Waals surface area contributed by atoms with E-state index >= 15 is 0 Å². The minimum atomic E-state index is -4.67. The summed E-state index contributed by atoms with van der Waals surface area (Å²) >= 11 is 11.6. The van der Waals surface area contributed by atoms with Crippen LogP contribution >= 0.6 is 79.4 Å². The summed E-state index contributed by atoms with van der Waals surface area (Å²) in [6.07, 6.45) is 9.75. The molecule has 0 unspecified atom stereocenters. The van der Waals surface area contributed by atoms with Crippen LogP contribution in [0.15, 0.2) is 183 Å². The number of aromatic nitrogens is 6. The van der Waals surface area contributed by atoms with Gasteiger partial charge in [0.1, 0.15) is 6.79 Å². The van der Waals surface area contributed by atoms with Gasteiger partial charge < -0.3 is 72.2 Å². The standard InChI is InChI=1S/2C15H21BO4.2C13H12N2O2.2C9H9IO2.C8H7IO2.C7H14O2.C4H3ClN2.CH4O.Na.H2O4S.H2O/c2*1-10-7-8-12(11(9-10)13(17)18-6)16-19-14(2,3)15(4,5)20-16;2*1-9-4-5-10(11(8-9)13(16)17-2)12-14-6-3-7-15-12;2*1-6-3-4-8(10)7(5-6)9(11)12-2;1-5-2-3-7(9)6(4-5)8(10)11;1-6(2)7(3,4)9-5-8-6;5-4-6-2-1-3-7-4;1-2;;1-5(2,3)4;/h2*7-9H,1-6H3;2*3-8H,1-2H3;2*3-5H,1-2H3;2-4H,1H3,(H,10,11);5H2,1-4H3;1-3H;2H,1H3;;(H2,1,2,3,4);1H2/q;;;;;;;;;;+1;;/p-1. The topological polar surface area (TPSA) is 453 Å². The number of aromatic carboxylic acids is 1. The van der Waals surface area contributed by atoms with Gasteiger partial charge in [0, 0.05) is 66.1 Å². The second-order valence-electron chi connectivity index (χ2n) is 31.7. The average Bonchev–Trinajstić information content (AvgIpc) is 1.55. The number of nitrogens with zero attached hydrogens (tertiary/aromatic N) is 6. The zero-order valence-corrected chi connectivity index (χ0v) is 90.1. The Bertz CT molecular complexity index is 5330. The maximum Gasteiger partial charge on any atom is 1.00 e. The molecule has 3 aliphatic heterocycles. The van der Waals surface area contributed by atoms with Gasteiger partial charge >= 0.3 is 96.0 Å². The summed E-state index contributed by atoms with van der Waals surface area (Å²) in [6, 6.07) is 44.2. The molecule has 3 saturated heterocycles. The molecule has 134 heavy (non-hydrogen) atoms. The van der Waals surface area contributed by atoms with Crippen molar-refractivity contribution in [2.24, 2.45) is 0 Å². The molecule has 0 bridgehead atoms. The normalized spacial score (nSPS) is 14.0. The van der Waals surface area contributed by atoms with E-state index < -0.39 is 53.0 Å². The molecule has 3 aromatic heterocycles. The molecular weight excluding hydrogens is 2120 g/mol. The van der Waals surface area contributed by atoms with Crippen molar-refractivity contribution in [3.8, 4) is 22.8 Å². The summed E-state index contributed by atoms with van der Waals surface area (Å²) < 4.78 is 97.3. The smallest absolute Gasteiger partial charge is 0.870 e. The quantitative estimate of drug-likeness (QED) is 0.0233. The number of carbonyl (C=O) groups is 7. The van der Waals surface area contributed by atoms with E-state index in [9.17, 15) is 33.6 Å². The number of aliphatic hydroxyl groups excluding tert-OH is 1. The summed E-state index contributed by atoms with van der Waals surface area (Å²) in [5.74, 6) is -1.88. The van der Waals surface area contributed by atoms with Gasteiger partial charge in [0.25, 0.3) is 0 Å². The molecule has 7 aromatic carbocycles. The van der Waals surface area contributed by atoms with Crippen LogP contribution in [0, 0.1) is 59.2 Å². The zero-order chi connectivity index (χ0) is 100. The summed E-state index contributed by atoms with van der Waals surface area (Å²) in [6.45, 7) is 37.9. The van der Waals surface area contributed by atoms with Gasteiger partial charge in [-0.05, 0) is 301 Å². The first-order valence-corrected chi connectivity index (χ1v) is 45.1. The number of hydrogen-bond acceptors (Lipinski definition) is 29. The Morgan fingerprint density at radius 1 is 0.358 bits per heavy atom. The number of aryl methyl sites for hydroxylation is 7. The van der Waals surface area contributed by atoms with E-state index in [1.165, 1.54) is 42.7 Å². The van der Waals surface area contributed by atoms with Crippen LogP contribution in [0.25, 0.3) is 22.8 Å². The molecule has 0 amide bonds. The molecule has 3 fully saturated rings. The number of benzene rings is 7. The third-order valence-electron chi connectivity index (χ3n) is 20.2. The van der Waals surface area contributed by atoms with Crippen LogP contribution in [-0.2, 0) is 66.9 Å².